The summed E-state index contributed by atoms with van der Waals surface area (Å²) in [5.41, 5.74) is 23.1. The Morgan fingerprint density at radius 2 is 0.823 bits per heavy atom. The molecule has 0 atom stereocenters. The number of benzene rings is 9. The van der Waals surface area contributed by atoms with E-state index in [1.165, 1.54) is 49.3 Å². The molecule has 0 amide bonds. The molecule has 11 rings (SSSR count). The van der Waals surface area contributed by atoms with Crippen molar-refractivity contribution < 1.29 is 0 Å². The highest BCUT2D eigenvalue weighted by Gasteiger charge is 2.16. The number of fused-ring (bicyclic) bond motifs is 6. The van der Waals surface area contributed by atoms with Crippen molar-refractivity contribution in [2.75, 3.05) is 0 Å². The lowest BCUT2D eigenvalue weighted by atomic mass is 10.0. The number of nitrogens with two attached hydrogens (primary N) is 1. The lowest BCUT2D eigenvalue weighted by molar-refractivity contribution is 1.07. The van der Waals surface area contributed by atoms with Crippen LogP contribution in [0.1, 0.15) is 16.7 Å². The zero-order chi connectivity index (χ0) is 41.4. The van der Waals surface area contributed by atoms with Gasteiger partial charge >= 0.3 is 0 Å². The maximum Gasteiger partial charge on any atom is 0.0671 e. The molecule has 9 aromatic carbocycles. The molecule has 2 heterocycles. The quantitative estimate of drug-likeness (QED) is 0.145. The summed E-state index contributed by atoms with van der Waals surface area (Å²) in [5, 5.41) is 4.93. The molecule has 0 spiro atoms. The van der Waals surface area contributed by atoms with Crippen LogP contribution >= 0.6 is 0 Å². The van der Waals surface area contributed by atoms with Gasteiger partial charge in [-0.1, -0.05) is 164 Å². The second-order valence-electron chi connectivity index (χ2n) is 15.8. The van der Waals surface area contributed by atoms with Crippen LogP contribution in [0.4, 0.5) is 0 Å². The topological polar surface area (TPSA) is 48.2 Å². The van der Waals surface area contributed by atoms with E-state index >= 15 is 0 Å². The van der Waals surface area contributed by atoms with Crippen molar-refractivity contribution >= 4 is 55.0 Å². The van der Waals surface area contributed by atoms with Crippen molar-refractivity contribution in [2.24, 2.45) is 10.7 Å². The number of rotatable bonds is 9. The number of hydrogen-bond acceptors (Lipinski definition) is 2. The van der Waals surface area contributed by atoms with Gasteiger partial charge in [-0.15, -0.1) is 0 Å². The van der Waals surface area contributed by atoms with E-state index in [1.807, 2.05) is 18.2 Å². The molecule has 0 bridgehead atoms. The Balaban J connectivity index is 0.960. The molecule has 4 heteroatoms. The molecular weight excluding hydrogens is 753 g/mol. The summed E-state index contributed by atoms with van der Waals surface area (Å²) in [5.74, 6) is 0. The van der Waals surface area contributed by atoms with Crippen LogP contribution in [0, 0.1) is 0 Å². The van der Waals surface area contributed by atoms with Crippen molar-refractivity contribution in [1.82, 2.24) is 9.13 Å². The average molecular weight is 795 g/mol. The summed E-state index contributed by atoms with van der Waals surface area (Å²) in [6, 6.07) is 79.7. The van der Waals surface area contributed by atoms with Crippen LogP contribution in [0.3, 0.4) is 0 Å². The number of aliphatic imine (C=N–C) groups is 1. The summed E-state index contributed by atoms with van der Waals surface area (Å²) < 4.78 is 4.73. The fourth-order valence-electron chi connectivity index (χ4n) is 8.92. The van der Waals surface area contributed by atoms with E-state index < -0.39 is 0 Å². The Morgan fingerprint density at radius 1 is 0.387 bits per heavy atom. The lowest BCUT2D eigenvalue weighted by Crippen LogP contribution is -2.05. The first kappa shape index (κ1) is 36.8. The van der Waals surface area contributed by atoms with Crippen LogP contribution in [0.25, 0.3) is 82.9 Å². The molecule has 62 heavy (non-hydrogen) atoms. The summed E-state index contributed by atoms with van der Waals surface area (Å²) in [6.07, 6.45) is 2.01. The van der Waals surface area contributed by atoms with Crippen molar-refractivity contribution in [3.63, 3.8) is 0 Å². The van der Waals surface area contributed by atoms with Crippen molar-refractivity contribution in [3.8, 4) is 33.6 Å². The first-order valence-electron chi connectivity index (χ1n) is 21.1. The molecule has 294 valence electrons. The normalized spacial score (nSPS) is 12.2. The Hall–Kier alpha value is -8.21. The number of allylic oxidation sites excluding steroid dienone is 1. The highest BCUT2D eigenvalue weighted by molar-refractivity contribution is 6.14. The molecule has 0 saturated carbocycles. The first-order chi connectivity index (χ1) is 30.7. The van der Waals surface area contributed by atoms with Gasteiger partial charge in [-0.25, -0.2) is 0 Å². The van der Waals surface area contributed by atoms with E-state index in [0.29, 0.717) is 12.2 Å². The third kappa shape index (κ3) is 6.74. The highest BCUT2D eigenvalue weighted by atomic mass is 15.0. The van der Waals surface area contributed by atoms with E-state index in [-0.39, 0.29) is 0 Å². The second-order valence-corrected chi connectivity index (χ2v) is 15.8. The monoisotopic (exact) mass is 794 g/mol. The smallest absolute Gasteiger partial charge is 0.0671 e. The predicted molar refractivity (Wildman–Crippen MR) is 261 cm³/mol. The molecule has 4 nitrogen and oxygen atoms in total. The summed E-state index contributed by atoms with van der Waals surface area (Å²) in [4.78, 5) is 5.13. The first-order valence-corrected chi connectivity index (χ1v) is 21.1. The SMILES string of the molecule is N/C(=C\C(=N/Cc1ccccc1)c1ccc(-n2c3ccccc3c3cc(-c4ccc5c(c4)c4ccccc4n5-c4ccccc4)ccc32)cc1)c1ccc(-c2ccccc2)cc1. The Bertz CT molecular complexity index is 3450. The third-order valence-corrected chi connectivity index (χ3v) is 12.0. The number of hydrogen-bond donors (Lipinski definition) is 1. The zero-order valence-corrected chi connectivity index (χ0v) is 34.1. The van der Waals surface area contributed by atoms with Crippen LogP contribution < -0.4 is 5.73 Å². The number of para-hydroxylation sites is 3. The molecule has 0 unspecified atom stereocenters. The summed E-state index contributed by atoms with van der Waals surface area (Å²) in [6.45, 7) is 0.547. The van der Waals surface area contributed by atoms with Crippen LogP contribution in [0.5, 0.6) is 0 Å². The van der Waals surface area contributed by atoms with Crippen LogP contribution in [-0.2, 0) is 6.54 Å². The minimum Gasteiger partial charge on any atom is -0.398 e. The maximum atomic E-state index is 6.83. The Labute approximate surface area is 360 Å². The predicted octanol–water partition coefficient (Wildman–Crippen LogP) is 14.2. The fourth-order valence-corrected chi connectivity index (χ4v) is 8.92. The number of aromatic nitrogens is 2. The van der Waals surface area contributed by atoms with E-state index in [0.717, 1.165) is 50.4 Å². The van der Waals surface area contributed by atoms with Gasteiger partial charge in [0, 0.05) is 38.6 Å². The van der Waals surface area contributed by atoms with Crippen LogP contribution in [-0.4, -0.2) is 14.8 Å². The van der Waals surface area contributed by atoms with Gasteiger partial charge in [0.2, 0.25) is 0 Å². The molecule has 0 aliphatic carbocycles. The molecule has 0 aliphatic rings. The molecule has 0 radical (unpaired) electrons. The van der Waals surface area contributed by atoms with Crippen molar-refractivity contribution in [2.45, 2.75) is 6.54 Å². The molecule has 0 saturated heterocycles. The van der Waals surface area contributed by atoms with E-state index in [4.69, 9.17) is 10.7 Å². The Kier molecular flexibility index (Phi) is 9.36. The minimum atomic E-state index is 0.547. The molecule has 0 aliphatic heterocycles. The van der Waals surface area contributed by atoms with Gasteiger partial charge in [0.1, 0.15) is 0 Å². The van der Waals surface area contributed by atoms with Crippen molar-refractivity contribution in [1.29, 1.82) is 0 Å². The minimum absolute atomic E-state index is 0.547. The van der Waals surface area contributed by atoms with E-state index in [2.05, 4.69) is 221 Å². The van der Waals surface area contributed by atoms with E-state index in [9.17, 15) is 0 Å². The average Bonchev–Trinajstić information content (AvgIpc) is 3.86. The van der Waals surface area contributed by atoms with Gasteiger partial charge < -0.3 is 14.9 Å². The lowest BCUT2D eigenvalue weighted by Gasteiger charge is -2.11. The molecule has 11 aromatic rings. The van der Waals surface area contributed by atoms with Gasteiger partial charge in [-0.2, -0.15) is 0 Å². The Morgan fingerprint density at radius 3 is 1.40 bits per heavy atom. The third-order valence-electron chi connectivity index (χ3n) is 12.0. The fraction of sp³-hybridized carbons (Fsp3) is 0.0172. The highest BCUT2D eigenvalue weighted by Crippen LogP contribution is 2.38. The summed E-state index contributed by atoms with van der Waals surface area (Å²) >= 11 is 0. The van der Waals surface area contributed by atoms with Gasteiger partial charge in [-0.05, 0) is 106 Å². The van der Waals surface area contributed by atoms with E-state index in [1.54, 1.807) is 0 Å². The van der Waals surface area contributed by atoms with Gasteiger partial charge in [-0.3, -0.25) is 4.99 Å². The van der Waals surface area contributed by atoms with Crippen molar-refractivity contribution in [3.05, 3.63) is 247 Å². The van der Waals surface area contributed by atoms with Gasteiger partial charge in [0.05, 0.1) is 34.3 Å². The molecule has 2 N–H and O–H groups in total. The zero-order valence-electron chi connectivity index (χ0n) is 34.1. The molecular formula is C58H42N4. The largest absolute Gasteiger partial charge is 0.398 e. The van der Waals surface area contributed by atoms with Gasteiger partial charge in [0.15, 0.2) is 0 Å². The molecule has 2 aromatic heterocycles. The summed E-state index contributed by atoms with van der Waals surface area (Å²) in [7, 11) is 0. The maximum absolute atomic E-state index is 6.83. The van der Waals surface area contributed by atoms with Gasteiger partial charge in [0.25, 0.3) is 0 Å². The molecule has 0 fully saturated rings. The number of nitrogens with zero attached hydrogens (tertiary/aromatic N) is 3. The van der Waals surface area contributed by atoms with Crippen LogP contribution in [0.15, 0.2) is 236 Å². The van der Waals surface area contributed by atoms with Crippen LogP contribution in [0.2, 0.25) is 0 Å². The second kappa shape index (κ2) is 15.8. The standard InChI is InChI=1S/C58H42N4/c59-53(43-26-24-42(25-27-43)41-16-6-2-7-17-41)38-54(60-39-40-14-4-1-5-15-40)44-28-32-48(33-29-44)62-56-23-13-11-21-50(56)52-37-46(31-35-58(52)62)45-30-34-57-51(36-45)49-20-10-12-22-55(49)61(57)47-18-8-3-9-19-47/h1-38H,39,59H2/b53-38-,60-54+.